The van der Waals surface area contributed by atoms with Crippen LogP contribution in [-0.2, 0) is 20.8 Å². The van der Waals surface area contributed by atoms with Gasteiger partial charge in [-0.3, -0.25) is 9.36 Å². The fourth-order valence-corrected chi connectivity index (χ4v) is 7.22. The first-order valence-electron chi connectivity index (χ1n) is 14.4. The smallest absolute Gasteiger partial charge is 0.338 e. The van der Waals surface area contributed by atoms with Crippen molar-refractivity contribution in [2.45, 2.75) is 59.2 Å². The average molecular weight is 586 g/mol. The lowest BCUT2D eigenvalue weighted by Crippen LogP contribution is -2.40. The van der Waals surface area contributed by atoms with E-state index in [1.54, 1.807) is 25.5 Å². The van der Waals surface area contributed by atoms with Gasteiger partial charge in [0.15, 0.2) is 4.80 Å². The van der Waals surface area contributed by atoms with Crippen molar-refractivity contribution in [3.63, 3.8) is 0 Å². The zero-order valence-electron chi connectivity index (χ0n) is 24.6. The van der Waals surface area contributed by atoms with Crippen LogP contribution in [0, 0.1) is 13.8 Å². The van der Waals surface area contributed by atoms with E-state index >= 15 is 0 Å². The summed E-state index contributed by atoms with van der Waals surface area (Å²) in [6.07, 6.45) is 4.32. The van der Waals surface area contributed by atoms with Crippen molar-refractivity contribution < 1.29 is 19.0 Å². The first kappa shape index (κ1) is 28.2. The summed E-state index contributed by atoms with van der Waals surface area (Å²) in [6.45, 7) is 9.59. The predicted molar refractivity (Wildman–Crippen MR) is 164 cm³/mol. The van der Waals surface area contributed by atoms with Crippen molar-refractivity contribution >= 4 is 34.2 Å². The molecular weight excluding hydrogens is 550 g/mol. The number of thiazole rings is 1. The summed E-state index contributed by atoms with van der Waals surface area (Å²) in [5, 5.41) is 1.79. The lowest BCUT2D eigenvalue weighted by Gasteiger charge is -2.26. The van der Waals surface area contributed by atoms with E-state index in [2.05, 4.69) is 24.5 Å². The molecule has 4 aromatic rings. The zero-order valence-corrected chi connectivity index (χ0v) is 25.4. The van der Waals surface area contributed by atoms with Crippen LogP contribution in [-0.4, -0.2) is 41.5 Å². The number of aromatic nitrogens is 2. The molecule has 2 aromatic heterocycles. The Bertz CT molecular complexity index is 1910. The zero-order chi connectivity index (χ0) is 29.5. The molecule has 2 aliphatic rings. The van der Waals surface area contributed by atoms with Crippen LogP contribution in [0.4, 0.5) is 0 Å². The molecule has 0 unspecified atom stereocenters. The standard InChI is InChI=1S/C33H35N3O5S/c1-6-40-32(38)29-20(3)34-33-36(30(29)26-13-14-27(39-5)25-12-8-7-11-24(25)26)31(37)28(42-33)17-22-16-19(2)35(21(22)4)18-23-10-9-15-41-23/h7-8,11-14,16-17,23,30H,6,9-10,15,18H2,1-5H3/t23-,30+/m0/s1. The Morgan fingerprint density at radius 3 is 2.67 bits per heavy atom. The molecule has 1 saturated heterocycles. The third-order valence-electron chi connectivity index (χ3n) is 8.26. The summed E-state index contributed by atoms with van der Waals surface area (Å²) in [5.74, 6) is 0.245. The lowest BCUT2D eigenvalue weighted by atomic mass is 9.91. The van der Waals surface area contributed by atoms with Crippen molar-refractivity contribution in [2.75, 3.05) is 20.3 Å². The molecule has 218 valence electrons. The Labute approximate surface area is 248 Å². The molecule has 4 heterocycles. The molecule has 0 aliphatic carbocycles. The van der Waals surface area contributed by atoms with Crippen LogP contribution in [0.2, 0.25) is 0 Å². The number of benzene rings is 2. The number of methoxy groups -OCH3 is 1. The Kier molecular flexibility index (Phi) is 7.64. The molecule has 42 heavy (non-hydrogen) atoms. The van der Waals surface area contributed by atoms with Gasteiger partial charge < -0.3 is 18.8 Å². The van der Waals surface area contributed by atoms with Gasteiger partial charge in [-0.2, -0.15) is 0 Å². The Morgan fingerprint density at radius 2 is 1.95 bits per heavy atom. The maximum Gasteiger partial charge on any atom is 0.338 e. The third-order valence-corrected chi connectivity index (χ3v) is 9.24. The molecular formula is C33H35N3O5S. The largest absolute Gasteiger partial charge is 0.496 e. The van der Waals surface area contributed by atoms with E-state index in [-0.39, 0.29) is 18.3 Å². The van der Waals surface area contributed by atoms with Gasteiger partial charge >= 0.3 is 5.97 Å². The highest BCUT2D eigenvalue weighted by Gasteiger charge is 2.34. The third kappa shape index (κ3) is 4.80. The van der Waals surface area contributed by atoms with Crippen molar-refractivity contribution in [1.29, 1.82) is 0 Å². The number of esters is 1. The number of rotatable bonds is 7. The highest BCUT2D eigenvalue weighted by molar-refractivity contribution is 7.07. The van der Waals surface area contributed by atoms with Crippen LogP contribution >= 0.6 is 11.3 Å². The topological polar surface area (TPSA) is 84.0 Å². The molecule has 0 bridgehead atoms. The quantitative estimate of drug-likeness (QED) is 0.297. The molecule has 9 heteroatoms. The second-order valence-corrected chi connectivity index (χ2v) is 11.8. The fourth-order valence-electron chi connectivity index (χ4n) is 6.18. The summed E-state index contributed by atoms with van der Waals surface area (Å²) in [6, 6.07) is 13.1. The van der Waals surface area contributed by atoms with E-state index in [9.17, 15) is 9.59 Å². The van der Waals surface area contributed by atoms with Crippen LogP contribution in [0.3, 0.4) is 0 Å². The minimum atomic E-state index is -0.704. The molecule has 8 nitrogen and oxygen atoms in total. The number of nitrogens with zero attached hydrogens (tertiary/aromatic N) is 3. The number of ether oxygens (including phenoxy) is 3. The molecule has 0 spiro atoms. The number of carbonyl (C=O) groups excluding carboxylic acids is 1. The van der Waals surface area contributed by atoms with Gasteiger partial charge in [0.05, 0.1) is 41.7 Å². The van der Waals surface area contributed by atoms with Gasteiger partial charge in [-0.05, 0) is 75.3 Å². The van der Waals surface area contributed by atoms with Gasteiger partial charge in [0.1, 0.15) is 5.75 Å². The van der Waals surface area contributed by atoms with Crippen LogP contribution in [0.5, 0.6) is 5.75 Å². The van der Waals surface area contributed by atoms with Gasteiger partial charge in [-0.15, -0.1) is 0 Å². The number of aryl methyl sites for hydroxylation is 1. The molecule has 0 amide bonds. The monoisotopic (exact) mass is 585 g/mol. The van der Waals surface area contributed by atoms with Gasteiger partial charge in [0, 0.05) is 29.9 Å². The SMILES string of the molecule is CCOC(=O)C1=C(C)N=c2sc(=Cc3cc(C)n(C[C@@H]4CCCO4)c3C)c(=O)n2[C@@H]1c1ccc(OC)c2ccccc12. The molecule has 0 saturated carbocycles. The van der Waals surface area contributed by atoms with Crippen LogP contribution in [0.15, 0.2) is 63.5 Å². The van der Waals surface area contributed by atoms with E-state index < -0.39 is 12.0 Å². The van der Waals surface area contributed by atoms with Gasteiger partial charge in [-0.25, -0.2) is 9.79 Å². The summed E-state index contributed by atoms with van der Waals surface area (Å²) >= 11 is 1.34. The Hall–Kier alpha value is -3.95. The number of fused-ring (bicyclic) bond motifs is 2. The highest BCUT2D eigenvalue weighted by atomic mass is 32.1. The first-order valence-corrected chi connectivity index (χ1v) is 15.2. The van der Waals surface area contributed by atoms with Crippen molar-refractivity contribution in [3.05, 3.63) is 95.9 Å². The van der Waals surface area contributed by atoms with E-state index in [4.69, 9.17) is 19.2 Å². The van der Waals surface area contributed by atoms with Gasteiger partial charge in [0.2, 0.25) is 0 Å². The molecule has 2 aromatic carbocycles. The first-order chi connectivity index (χ1) is 20.3. The number of carbonyl (C=O) groups is 1. The van der Waals surface area contributed by atoms with Crippen LogP contribution < -0.4 is 19.6 Å². The van der Waals surface area contributed by atoms with Crippen LogP contribution in [0.1, 0.15) is 55.2 Å². The highest BCUT2D eigenvalue weighted by Crippen LogP contribution is 2.38. The van der Waals surface area contributed by atoms with Gasteiger partial charge in [-0.1, -0.05) is 41.7 Å². The molecule has 1 fully saturated rings. The summed E-state index contributed by atoms with van der Waals surface area (Å²) in [4.78, 5) is 32.9. The Balaban J connectivity index is 1.54. The minimum Gasteiger partial charge on any atom is -0.496 e. The Morgan fingerprint density at radius 1 is 1.17 bits per heavy atom. The van der Waals surface area contributed by atoms with E-state index in [0.29, 0.717) is 20.6 Å². The number of allylic oxidation sites excluding steroid dienone is 1. The van der Waals surface area contributed by atoms with Crippen molar-refractivity contribution in [2.24, 2.45) is 4.99 Å². The van der Waals surface area contributed by atoms with Gasteiger partial charge in [0.25, 0.3) is 5.56 Å². The number of hydrogen-bond donors (Lipinski definition) is 0. The van der Waals surface area contributed by atoms with E-state index in [1.807, 2.05) is 42.5 Å². The van der Waals surface area contributed by atoms with E-state index in [0.717, 1.165) is 65.0 Å². The molecule has 6 rings (SSSR count). The van der Waals surface area contributed by atoms with Crippen LogP contribution in [0.25, 0.3) is 16.8 Å². The molecule has 0 radical (unpaired) electrons. The second kappa shape index (κ2) is 11.4. The fraction of sp³-hybridized carbons (Fsp3) is 0.364. The molecule has 2 atom stereocenters. The van der Waals surface area contributed by atoms with Crippen molar-refractivity contribution in [1.82, 2.24) is 9.13 Å². The average Bonchev–Trinajstić information content (AvgIpc) is 3.67. The number of hydrogen-bond acceptors (Lipinski definition) is 7. The molecule has 2 aliphatic heterocycles. The summed E-state index contributed by atoms with van der Waals surface area (Å²) in [7, 11) is 1.64. The summed E-state index contributed by atoms with van der Waals surface area (Å²) in [5.41, 5.74) is 4.73. The maximum absolute atomic E-state index is 14.2. The minimum absolute atomic E-state index is 0.193. The summed E-state index contributed by atoms with van der Waals surface area (Å²) < 4.78 is 21.5. The normalized spacial score (nSPS) is 18.8. The van der Waals surface area contributed by atoms with Crippen molar-refractivity contribution in [3.8, 4) is 5.75 Å². The van der Waals surface area contributed by atoms with E-state index in [1.165, 1.54) is 11.3 Å². The lowest BCUT2D eigenvalue weighted by molar-refractivity contribution is -0.139. The molecule has 0 N–H and O–H groups in total. The predicted octanol–water partition coefficient (Wildman–Crippen LogP) is 4.56. The second-order valence-electron chi connectivity index (χ2n) is 10.8. The maximum atomic E-state index is 14.2.